The molecule has 1 atom stereocenters. The highest BCUT2D eigenvalue weighted by molar-refractivity contribution is 4.93. The van der Waals surface area contributed by atoms with Gasteiger partial charge in [-0.1, -0.05) is 0 Å². The van der Waals surface area contributed by atoms with Crippen LogP contribution in [0.3, 0.4) is 0 Å². The minimum atomic E-state index is -0.706. The van der Waals surface area contributed by atoms with Crippen LogP contribution in [0.2, 0.25) is 0 Å². The number of nitrogens with one attached hydrogen (secondary N) is 1. The smallest absolute Gasteiger partial charge is 0.0767 e. The van der Waals surface area contributed by atoms with Crippen LogP contribution in [0.4, 0.5) is 0 Å². The summed E-state index contributed by atoms with van der Waals surface area (Å²) < 4.78 is 5.43. The van der Waals surface area contributed by atoms with Gasteiger partial charge in [0.15, 0.2) is 0 Å². The fourth-order valence-electron chi connectivity index (χ4n) is 1.58. The van der Waals surface area contributed by atoms with Gasteiger partial charge < -0.3 is 15.2 Å². The molecule has 2 N–H and O–H groups in total. The number of hydrogen-bond donors (Lipinski definition) is 2. The Hall–Kier alpha value is -0.120. The molecule has 0 aliphatic carbocycles. The summed E-state index contributed by atoms with van der Waals surface area (Å²) in [5, 5.41) is 13.4. The number of aliphatic hydroxyl groups is 1. The van der Waals surface area contributed by atoms with E-state index in [4.69, 9.17) is 4.74 Å². The number of hydrogen-bond acceptors (Lipinski definition) is 3. The van der Waals surface area contributed by atoms with Crippen LogP contribution in [-0.4, -0.2) is 36.0 Å². The molecular weight excluding hydrogens is 190 g/mol. The maximum absolute atomic E-state index is 9.98. The minimum Gasteiger partial charge on any atom is -0.389 e. The quantitative estimate of drug-likeness (QED) is 0.747. The number of rotatable bonds is 4. The summed E-state index contributed by atoms with van der Waals surface area (Å²) in [5.74, 6) is 0.598. The zero-order chi connectivity index (χ0) is 11.5. The topological polar surface area (TPSA) is 41.5 Å². The Morgan fingerprint density at radius 2 is 2.00 bits per heavy atom. The largest absolute Gasteiger partial charge is 0.389 e. The molecule has 0 amide bonds. The highest BCUT2D eigenvalue weighted by Gasteiger charge is 2.34. The van der Waals surface area contributed by atoms with Gasteiger partial charge in [0.05, 0.1) is 12.2 Å². The molecular formula is C12H25NO2. The summed E-state index contributed by atoms with van der Waals surface area (Å²) >= 11 is 0. The lowest BCUT2D eigenvalue weighted by Crippen LogP contribution is -2.57. The summed E-state index contributed by atoms with van der Waals surface area (Å²) in [6.07, 6.45) is 2.39. The molecule has 1 heterocycles. The van der Waals surface area contributed by atoms with Crippen LogP contribution in [0.25, 0.3) is 0 Å². The van der Waals surface area contributed by atoms with E-state index in [9.17, 15) is 5.11 Å². The standard InChI is InChI=1S/C12H25NO2/c1-11(2,12(3,4)14)13-8-10-6-5-7-15-9-10/h10,13-14H,5-9H2,1-4H3. The van der Waals surface area contributed by atoms with Crippen LogP contribution in [0.5, 0.6) is 0 Å². The van der Waals surface area contributed by atoms with Crippen molar-refractivity contribution in [3.8, 4) is 0 Å². The van der Waals surface area contributed by atoms with E-state index in [0.29, 0.717) is 5.92 Å². The first kappa shape index (κ1) is 12.9. The maximum atomic E-state index is 9.98. The van der Waals surface area contributed by atoms with Gasteiger partial charge in [-0.05, 0) is 46.5 Å². The molecule has 0 aromatic heterocycles. The van der Waals surface area contributed by atoms with Crippen LogP contribution >= 0.6 is 0 Å². The van der Waals surface area contributed by atoms with Crippen molar-refractivity contribution in [2.45, 2.75) is 51.7 Å². The first-order valence-electron chi connectivity index (χ1n) is 5.88. The summed E-state index contributed by atoms with van der Waals surface area (Å²) in [6.45, 7) is 10.5. The van der Waals surface area contributed by atoms with Crippen molar-refractivity contribution in [1.29, 1.82) is 0 Å². The minimum absolute atomic E-state index is 0.259. The van der Waals surface area contributed by atoms with Gasteiger partial charge in [-0.15, -0.1) is 0 Å². The Morgan fingerprint density at radius 1 is 1.33 bits per heavy atom. The van der Waals surface area contributed by atoms with E-state index < -0.39 is 5.60 Å². The molecule has 0 aromatic rings. The molecule has 3 heteroatoms. The lowest BCUT2D eigenvalue weighted by atomic mass is 9.85. The second kappa shape index (κ2) is 4.81. The van der Waals surface area contributed by atoms with Crippen LogP contribution in [0.1, 0.15) is 40.5 Å². The first-order valence-corrected chi connectivity index (χ1v) is 5.88. The average molecular weight is 215 g/mol. The summed E-state index contributed by atoms with van der Waals surface area (Å²) in [4.78, 5) is 0. The van der Waals surface area contributed by atoms with Gasteiger partial charge in [-0.25, -0.2) is 0 Å². The van der Waals surface area contributed by atoms with Crippen molar-refractivity contribution in [1.82, 2.24) is 5.32 Å². The Morgan fingerprint density at radius 3 is 2.47 bits per heavy atom. The van der Waals surface area contributed by atoms with Crippen LogP contribution in [-0.2, 0) is 4.74 Å². The monoisotopic (exact) mass is 215 g/mol. The Balaban J connectivity index is 2.35. The van der Waals surface area contributed by atoms with Gasteiger partial charge in [-0.2, -0.15) is 0 Å². The number of ether oxygens (including phenoxy) is 1. The molecule has 0 radical (unpaired) electrons. The third kappa shape index (κ3) is 3.74. The lowest BCUT2D eigenvalue weighted by molar-refractivity contribution is -0.0122. The molecule has 90 valence electrons. The Labute approximate surface area is 93.2 Å². The molecule has 15 heavy (non-hydrogen) atoms. The van der Waals surface area contributed by atoms with E-state index in [2.05, 4.69) is 5.32 Å². The second-order valence-corrected chi connectivity index (χ2v) is 5.65. The second-order valence-electron chi connectivity index (χ2n) is 5.65. The molecule has 3 nitrogen and oxygen atoms in total. The maximum Gasteiger partial charge on any atom is 0.0767 e. The van der Waals surface area contributed by atoms with Gasteiger partial charge in [0.1, 0.15) is 0 Å². The van der Waals surface area contributed by atoms with Crippen molar-refractivity contribution < 1.29 is 9.84 Å². The van der Waals surface area contributed by atoms with Crippen LogP contribution in [0, 0.1) is 5.92 Å². The Kier molecular flexibility index (Phi) is 4.15. The van der Waals surface area contributed by atoms with Crippen LogP contribution < -0.4 is 5.32 Å². The fourth-order valence-corrected chi connectivity index (χ4v) is 1.58. The third-order valence-corrected chi connectivity index (χ3v) is 3.62. The van der Waals surface area contributed by atoms with E-state index in [1.54, 1.807) is 0 Å². The molecule has 1 aliphatic heterocycles. The fraction of sp³-hybridized carbons (Fsp3) is 1.00. The van der Waals surface area contributed by atoms with Gasteiger partial charge >= 0.3 is 0 Å². The third-order valence-electron chi connectivity index (χ3n) is 3.62. The van der Waals surface area contributed by atoms with Crippen molar-refractivity contribution in [2.24, 2.45) is 5.92 Å². The SMILES string of the molecule is CC(C)(O)C(C)(C)NCC1CCCOC1. The molecule has 0 saturated carbocycles. The van der Waals surface area contributed by atoms with E-state index in [-0.39, 0.29) is 5.54 Å². The zero-order valence-corrected chi connectivity index (χ0v) is 10.5. The summed E-state index contributed by atoms with van der Waals surface area (Å²) in [7, 11) is 0. The van der Waals surface area contributed by atoms with Crippen LogP contribution in [0.15, 0.2) is 0 Å². The molecule has 0 bridgehead atoms. The molecule has 0 aromatic carbocycles. The van der Waals surface area contributed by atoms with Gasteiger partial charge in [0, 0.05) is 18.7 Å². The zero-order valence-electron chi connectivity index (χ0n) is 10.5. The van der Waals surface area contributed by atoms with E-state index in [1.165, 1.54) is 6.42 Å². The van der Waals surface area contributed by atoms with Gasteiger partial charge in [0.2, 0.25) is 0 Å². The van der Waals surface area contributed by atoms with Crippen molar-refractivity contribution in [2.75, 3.05) is 19.8 Å². The molecule has 1 saturated heterocycles. The van der Waals surface area contributed by atoms with Gasteiger partial charge in [0.25, 0.3) is 0 Å². The van der Waals surface area contributed by atoms with Gasteiger partial charge in [-0.3, -0.25) is 0 Å². The van der Waals surface area contributed by atoms with E-state index >= 15 is 0 Å². The normalized spacial score (nSPS) is 24.2. The van der Waals surface area contributed by atoms with E-state index in [1.807, 2.05) is 27.7 Å². The van der Waals surface area contributed by atoms with Crippen molar-refractivity contribution in [3.05, 3.63) is 0 Å². The Bertz CT molecular complexity index is 190. The lowest BCUT2D eigenvalue weighted by Gasteiger charge is -2.39. The summed E-state index contributed by atoms with van der Waals surface area (Å²) in [5.41, 5.74) is -0.965. The summed E-state index contributed by atoms with van der Waals surface area (Å²) in [6, 6.07) is 0. The van der Waals surface area contributed by atoms with Crippen molar-refractivity contribution >= 4 is 0 Å². The molecule has 1 rings (SSSR count). The highest BCUT2D eigenvalue weighted by atomic mass is 16.5. The predicted molar refractivity (Wildman–Crippen MR) is 61.9 cm³/mol. The van der Waals surface area contributed by atoms with E-state index in [0.717, 1.165) is 26.2 Å². The average Bonchev–Trinajstić information content (AvgIpc) is 2.15. The molecule has 1 unspecified atom stereocenters. The highest BCUT2D eigenvalue weighted by Crippen LogP contribution is 2.21. The molecule has 1 aliphatic rings. The molecule has 0 spiro atoms. The predicted octanol–water partition coefficient (Wildman–Crippen LogP) is 1.55. The van der Waals surface area contributed by atoms with Crippen molar-refractivity contribution in [3.63, 3.8) is 0 Å². The molecule has 1 fully saturated rings. The first-order chi connectivity index (χ1) is 6.83.